The van der Waals surface area contributed by atoms with Crippen molar-refractivity contribution in [2.75, 3.05) is 13.1 Å². The lowest BCUT2D eigenvalue weighted by molar-refractivity contribution is -0.138. The summed E-state index contributed by atoms with van der Waals surface area (Å²) in [5.41, 5.74) is 7.09. The highest BCUT2D eigenvalue weighted by Gasteiger charge is 2.41. The number of nitrogens with zero attached hydrogens (tertiary/aromatic N) is 2. The van der Waals surface area contributed by atoms with E-state index in [-0.39, 0.29) is 30.0 Å². The number of primary amides is 1. The van der Waals surface area contributed by atoms with Gasteiger partial charge in [0.15, 0.2) is 0 Å². The van der Waals surface area contributed by atoms with E-state index in [0.717, 1.165) is 31.2 Å². The molecule has 2 aliphatic heterocycles. The highest BCUT2D eigenvalue weighted by atomic mass is 19.1. The first-order chi connectivity index (χ1) is 18.3. The van der Waals surface area contributed by atoms with E-state index in [1.165, 1.54) is 18.2 Å². The van der Waals surface area contributed by atoms with Crippen molar-refractivity contribution < 1.29 is 23.5 Å². The predicted molar refractivity (Wildman–Crippen MR) is 140 cm³/mol. The van der Waals surface area contributed by atoms with Crippen LogP contribution >= 0.6 is 0 Å². The molecular weight excluding hydrogens is 488 g/mol. The molecule has 1 saturated carbocycles. The second-order valence-corrected chi connectivity index (χ2v) is 11.2. The van der Waals surface area contributed by atoms with Crippen LogP contribution in [-0.4, -0.2) is 58.0 Å². The Hall–Kier alpha value is -2.84. The molecule has 8 heteroatoms. The number of fused-ring (bicyclic) bond motifs is 2. The normalized spacial score (nSPS) is 27.3. The van der Waals surface area contributed by atoms with E-state index < -0.39 is 17.5 Å². The maximum Gasteiger partial charge on any atom is 0.248 e. The molecular formula is C30H37F2N3O3. The van der Waals surface area contributed by atoms with Gasteiger partial charge in [0.25, 0.3) is 0 Å². The van der Waals surface area contributed by atoms with Crippen LogP contribution in [0.3, 0.4) is 0 Å². The number of aliphatic hydroxyl groups is 1. The minimum Gasteiger partial charge on any atom is -0.393 e. The molecule has 0 aromatic heterocycles. The van der Waals surface area contributed by atoms with Crippen molar-refractivity contribution in [1.29, 1.82) is 0 Å². The fraction of sp³-hybridized carbons (Fsp3) is 0.533. The minimum absolute atomic E-state index is 0.0762. The van der Waals surface area contributed by atoms with Crippen molar-refractivity contribution in [3.63, 3.8) is 0 Å². The van der Waals surface area contributed by atoms with E-state index in [1.807, 2.05) is 12.1 Å². The third kappa shape index (κ3) is 5.76. The number of amides is 2. The summed E-state index contributed by atoms with van der Waals surface area (Å²) in [6.07, 6.45) is 6.05. The molecule has 2 aromatic carbocycles. The molecule has 2 aromatic rings. The van der Waals surface area contributed by atoms with Gasteiger partial charge in [-0.2, -0.15) is 0 Å². The number of piperidine rings is 1. The van der Waals surface area contributed by atoms with Gasteiger partial charge in [-0.1, -0.05) is 18.2 Å². The summed E-state index contributed by atoms with van der Waals surface area (Å²) in [7, 11) is 0. The van der Waals surface area contributed by atoms with E-state index in [1.54, 1.807) is 11.0 Å². The molecule has 2 unspecified atom stereocenters. The molecule has 204 valence electrons. The summed E-state index contributed by atoms with van der Waals surface area (Å²) >= 11 is 0. The zero-order valence-electron chi connectivity index (χ0n) is 21.7. The van der Waals surface area contributed by atoms with Gasteiger partial charge in [0, 0.05) is 42.2 Å². The maximum atomic E-state index is 14.5. The Labute approximate surface area is 222 Å². The van der Waals surface area contributed by atoms with Crippen LogP contribution in [0.2, 0.25) is 0 Å². The molecule has 1 aliphatic carbocycles. The summed E-state index contributed by atoms with van der Waals surface area (Å²) < 4.78 is 29.1. The number of rotatable bonds is 8. The Bertz CT molecular complexity index is 1130. The summed E-state index contributed by atoms with van der Waals surface area (Å²) in [6, 6.07) is 12.1. The average Bonchev–Trinajstić information content (AvgIpc) is 3.14. The molecule has 2 bridgehead atoms. The number of aliphatic hydroxyl groups excluding tert-OH is 1. The van der Waals surface area contributed by atoms with E-state index >= 15 is 0 Å². The SMILES string of the molecule is NC(=O)c1cccc(C2CC3CCC(C2)N3CCN(Cc2c(F)cccc2F)C(=O)[C@H]2CC[C@H](O)CC2)c1. The average molecular weight is 526 g/mol. The fourth-order valence-electron chi connectivity index (χ4n) is 6.82. The van der Waals surface area contributed by atoms with Crippen molar-refractivity contribution in [1.82, 2.24) is 9.80 Å². The summed E-state index contributed by atoms with van der Waals surface area (Å²) in [4.78, 5) is 29.3. The Morgan fingerprint density at radius 2 is 1.58 bits per heavy atom. The Morgan fingerprint density at radius 3 is 2.21 bits per heavy atom. The minimum atomic E-state index is -0.638. The second kappa shape index (κ2) is 11.5. The Kier molecular flexibility index (Phi) is 8.09. The van der Waals surface area contributed by atoms with Gasteiger partial charge in [-0.25, -0.2) is 8.78 Å². The van der Waals surface area contributed by atoms with E-state index in [2.05, 4.69) is 11.0 Å². The number of carbonyl (C=O) groups is 2. The highest BCUT2D eigenvalue weighted by Crippen LogP contribution is 2.43. The monoisotopic (exact) mass is 525 g/mol. The van der Waals surface area contributed by atoms with Crippen LogP contribution in [0, 0.1) is 17.6 Å². The van der Waals surface area contributed by atoms with Gasteiger partial charge in [-0.05, 0) is 87.1 Å². The largest absolute Gasteiger partial charge is 0.393 e. The van der Waals surface area contributed by atoms with Gasteiger partial charge < -0.3 is 15.7 Å². The molecule has 2 saturated heterocycles. The molecule has 0 radical (unpaired) electrons. The molecule has 3 N–H and O–H groups in total. The number of halogens is 2. The van der Waals surface area contributed by atoms with Gasteiger partial charge in [0.05, 0.1) is 12.6 Å². The molecule has 3 fully saturated rings. The van der Waals surface area contributed by atoms with Gasteiger partial charge in [-0.15, -0.1) is 0 Å². The Balaban J connectivity index is 1.28. The van der Waals surface area contributed by atoms with Crippen molar-refractivity contribution in [2.45, 2.75) is 82.0 Å². The van der Waals surface area contributed by atoms with Gasteiger partial charge in [-0.3, -0.25) is 14.5 Å². The van der Waals surface area contributed by atoms with E-state index in [4.69, 9.17) is 5.73 Å². The van der Waals surface area contributed by atoms with Gasteiger partial charge in [0.2, 0.25) is 11.8 Å². The predicted octanol–water partition coefficient (Wildman–Crippen LogP) is 4.35. The molecule has 2 atom stereocenters. The smallest absolute Gasteiger partial charge is 0.248 e. The number of benzene rings is 2. The van der Waals surface area contributed by atoms with Gasteiger partial charge >= 0.3 is 0 Å². The van der Waals surface area contributed by atoms with E-state index in [0.29, 0.717) is 62.3 Å². The number of hydrogen-bond donors (Lipinski definition) is 2. The quantitative estimate of drug-likeness (QED) is 0.537. The molecule has 3 aliphatic rings. The lowest BCUT2D eigenvalue weighted by Crippen LogP contribution is -2.48. The second-order valence-electron chi connectivity index (χ2n) is 11.2. The third-order valence-electron chi connectivity index (χ3n) is 8.92. The zero-order chi connectivity index (χ0) is 26.8. The topological polar surface area (TPSA) is 86.9 Å². The third-order valence-corrected chi connectivity index (χ3v) is 8.92. The maximum absolute atomic E-state index is 14.5. The first kappa shape index (κ1) is 26.8. The molecule has 2 amide bonds. The summed E-state index contributed by atoms with van der Waals surface area (Å²) in [5.74, 6) is -1.65. The number of carbonyl (C=O) groups excluding carboxylic acids is 2. The van der Waals surface area contributed by atoms with Crippen LogP contribution in [-0.2, 0) is 11.3 Å². The first-order valence-corrected chi connectivity index (χ1v) is 13.9. The van der Waals surface area contributed by atoms with Crippen molar-refractivity contribution >= 4 is 11.8 Å². The molecule has 0 spiro atoms. The molecule has 38 heavy (non-hydrogen) atoms. The standard InChI is InChI=1S/C30H37F2N3O3/c31-27-5-2-6-28(32)26(27)18-34(30(38)19-7-11-25(36)12-8-19)13-14-35-23-9-10-24(35)17-22(16-23)20-3-1-4-21(15-20)29(33)37/h1-6,15,19,22-25,36H,7-14,16-18H2,(H2,33,37)/t19-,22?,23?,24?,25-. The molecule has 6 nitrogen and oxygen atoms in total. The highest BCUT2D eigenvalue weighted by molar-refractivity contribution is 5.92. The van der Waals surface area contributed by atoms with Crippen LogP contribution in [0.1, 0.15) is 78.8 Å². The van der Waals surface area contributed by atoms with Crippen LogP contribution in [0.15, 0.2) is 42.5 Å². The number of nitrogens with two attached hydrogens (primary N) is 1. The van der Waals surface area contributed by atoms with Crippen molar-refractivity contribution in [3.05, 3.63) is 70.8 Å². The number of hydrogen-bond acceptors (Lipinski definition) is 4. The van der Waals surface area contributed by atoms with Gasteiger partial charge in [0.1, 0.15) is 11.6 Å². The van der Waals surface area contributed by atoms with Crippen LogP contribution in [0.4, 0.5) is 8.78 Å². The summed E-state index contributed by atoms with van der Waals surface area (Å²) in [5, 5.41) is 9.89. The van der Waals surface area contributed by atoms with Crippen molar-refractivity contribution in [2.24, 2.45) is 11.7 Å². The molecule has 5 rings (SSSR count). The first-order valence-electron chi connectivity index (χ1n) is 13.9. The van der Waals surface area contributed by atoms with Crippen molar-refractivity contribution in [3.8, 4) is 0 Å². The van der Waals surface area contributed by atoms with Crippen LogP contribution in [0.25, 0.3) is 0 Å². The lowest BCUT2D eigenvalue weighted by Gasteiger charge is -2.40. The van der Waals surface area contributed by atoms with Crippen LogP contribution < -0.4 is 5.73 Å². The lowest BCUT2D eigenvalue weighted by atomic mass is 9.84. The fourth-order valence-corrected chi connectivity index (χ4v) is 6.82. The van der Waals surface area contributed by atoms with Crippen LogP contribution in [0.5, 0.6) is 0 Å². The van der Waals surface area contributed by atoms with E-state index in [9.17, 15) is 23.5 Å². The summed E-state index contributed by atoms with van der Waals surface area (Å²) in [6.45, 7) is 0.961. The zero-order valence-corrected chi connectivity index (χ0v) is 21.7. The Morgan fingerprint density at radius 1 is 0.947 bits per heavy atom. The molecule has 2 heterocycles.